The third kappa shape index (κ3) is 2.66. The molecule has 1 saturated carbocycles. The van der Waals surface area contributed by atoms with Crippen molar-refractivity contribution in [2.24, 2.45) is 5.92 Å². The lowest BCUT2D eigenvalue weighted by Crippen LogP contribution is -2.35. The maximum atomic E-state index is 12.0. The van der Waals surface area contributed by atoms with Gasteiger partial charge in [0.25, 0.3) is 0 Å². The lowest BCUT2D eigenvalue weighted by molar-refractivity contribution is -0.138. The van der Waals surface area contributed by atoms with Crippen molar-refractivity contribution >= 4 is 17.7 Å². The zero-order chi connectivity index (χ0) is 13.2. The largest absolute Gasteiger partial charge is 0.461 e. The molecule has 3 aliphatic rings. The monoisotopic (exact) mass is 278 g/mol. The molecular formula is C14H18N2O2S. The molecule has 102 valence electrons. The Bertz CT molecular complexity index is 478. The highest BCUT2D eigenvalue weighted by atomic mass is 32.2. The fraction of sp³-hybridized carbons (Fsp3) is 0.500. The van der Waals surface area contributed by atoms with E-state index in [9.17, 15) is 4.79 Å². The summed E-state index contributed by atoms with van der Waals surface area (Å²) in [5.74, 6) is 0.262. The Kier molecular flexibility index (Phi) is 3.55. The van der Waals surface area contributed by atoms with Gasteiger partial charge in [-0.2, -0.15) is 0 Å². The molecule has 2 N–H and O–H groups in total. The number of rotatable bonds is 4. The van der Waals surface area contributed by atoms with E-state index in [0.29, 0.717) is 18.2 Å². The molecule has 4 nitrogen and oxygen atoms in total. The molecule has 0 aromatic heterocycles. The van der Waals surface area contributed by atoms with Crippen LogP contribution in [-0.2, 0) is 9.53 Å². The van der Waals surface area contributed by atoms with Crippen LogP contribution in [0.5, 0.6) is 0 Å². The van der Waals surface area contributed by atoms with Crippen LogP contribution in [0.25, 0.3) is 0 Å². The van der Waals surface area contributed by atoms with Crippen molar-refractivity contribution in [3.63, 3.8) is 0 Å². The summed E-state index contributed by atoms with van der Waals surface area (Å²) in [6.45, 7) is 2.24. The van der Waals surface area contributed by atoms with Gasteiger partial charge in [0, 0.05) is 16.5 Å². The van der Waals surface area contributed by atoms with Gasteiger partial charge < -0.3 is 15.4 Å². The zero-order valence-corrected chi connectivity index (χ0v) is 11.8. The van der Waals surface area contributed by atoms with E-state index in [4.69, 9.17) is 4.74 Å². The van der Waals surface area contributed by atoms with Gasteiger partial charge in [-0.1, -0.05) is 23.9 Å². The minimum atomic E-state index is -0.239. The van der Waals surface area contributed by atoms with E-state index in [1.807, 2.05) is 6.92 Å². The number of hydrogen-bond acceptors (Lipinski definition) is 5. The molecule has 0 aromatic carbocycles. The molecule has 0 bridgehead atoms. The predicted molar refractivity (Wildman–Crippen MR) is 75.9 cm³/mol. The number of carbonyl (C=O) groups is 1. The topological polar surface area (TPSA) is 50.4 Å². The fourth-order valence-corrected chi connectivity index (χ4v) is 3.11. The summed E-state index contributed by atoms with van der Waals surface area (Å²) in [6.07, 6.45) is 7.61. The van der Waals surface area contributed by atoms with Crippen LogP contribution in [0.2, 0.25) is 0 Å². The Hall–Kier alpha value is -1.36. The quantitative estimate of drug-likeness (QED) is 0.772. The van der Waals surface area contributed by atoms with Crippen LogP contribution in [0.15, 0.2) is 33.9 Å². The van der Waals surface area contributed by atoms with Crippen molar-refractivity contribution in [2.45, 2.75) is 32.4 Å². The van der Waals surface area contributed by atoms with Gasteiger partial charge in [-0.15, -0.1) is 0 Å². The first-order chi connectivity index (χ1) is 9.29. The fourth-order valence-electron chi connectivity index (χ4n) is 2.29. The Morgan fingerprint density at radius 2 is 2.32 bits per heavy atom. The second-order valence-electron chi connectivity index (χ2n) is 4.84. The van der Waals surface area contributed by atoms with E-state index >= 15 is 0 Å². The van der Waals surface area contributed by atoms with Crippen LogP contribution in [0.3, 0.4) is 0 Å². The normalized spacial score (nSPS) is 25.7. The summed E-state index contributed by atoms with van der Waals surface area (Å²) in [6, 6.07) is 0. The second-order valence-corrected chi connectivity index (χ2v) is 5.82. The lowest BCUT2D eigenvalue weighted by atomic mass is 10.2. The van der Waals surface area contributed by atoms with E-state index in [0.717, 1.165) is 25.0 Å². The molecule has 0 amide bonds. The van der Waals surface area contributed by atoms with E-state index < -0.39 is 0 Å². The van der Waals surface area contributed by atoms with Crippen molar-refractivity contribution in [3.8, 4) is 0 Å². The second kappa shape index (κ2) is 5.33. The molecule has 3 rings (SSSR count). The zero-order valence-electron chi connectivity index (χ0n) is 10.9. The first kappa shape index (κ1) is 12.7. The molecule has 0 saturated heterocycles. The van der Waals surface area contributed by atoms with Gasteiger partial charge in [-0.3, -0.25) is 0 Å². The van der Waals surface area contributed by atoms with Gasteiger partial charge in [0.05, 0.1) is 6.61 Å². The molecule has 1 atom stereocenters. The number of hydrogen-bond donors (Lipinski definition) is 2. The lowest BCUT2D eigenvalue weighted by Gasteiger charge is -2.18. The van der Waals surface area contributed by atoms with Crippen molar-refractivity contribution in [2.75, 3.05) is 6.61 Å². The van der Waals surface area contributed by atoms with Gasteiger partial charge in [0.1, 0.15) is 11.9 Å². The molecular weight excluding hydrogens is 260 g/mol. The van der Waals surface area contributed by atoms with Crippen LogP contribution >= 0.6 is 11.8 Å². The Morgan fingerprint density at radius 1 is 1.47 bits per heavy atom. The third-order valence-electron chi connectivity index (χ3n) is 3.36. The van der Waals surface area contributed by atoms with Gasteiger partial charge in [0.2, 0.25) is 0 Å². The summed E-state index contributed by atoms with van der Waals surface area (Å²) in [4.78, 5) is 13.2. The Morgan fingerprint density at radius 3 is 2.95 bits per heavy atom. The van der Waals surface area contributed by atoms with E-state index in [1.54, 1.807) is 11.8 Å². The molecule has 5 heteroatoms. The third-order valence-corrected chi connectivity index (χ3v) is 4.37. The van der Waals surface area contributed by atoms with E-state index in [2.05, 4.69) is 28.2 Å². The van der Waals surface area contributed by atoms with Crippen molar-refractivity contribution in [3.05, 3.63) is 33.9 Å². The summed E-state index contributed by atoms with van der Waals surface area (Å²) >= 11 is 1.70. The standard InChI is InChI=1S/C14H18N2O2S/c1-2-18-14(17)12-11(9-6-7-9)15-13(16-12)10-5-3-4-8-19-10/h4-5,8-9,13,15-16H,2-3,6-7H2,1H3. The van der Waals surface area contributed by atoms with Crippen LogP contribution in [-0.4, -0.2) is 18.7 Å². The molecule has 2 heterocycles. The van der Waals surface area contributed by atoms with Gasteiger partial charge in [-0.05, 0) is 31.6 Å². The highest BCUT2D eigenvalue weighted by Gasteiger charge is 2.38. The smallest absolute Gasteiger partial charge is 0.356 e. The number of nitrogens with one attached hydrogen (secondary N) is 2. The molecule has 19 heavy (non-hydrogen) atoms. The number of thioether (sulfide) groups is 1. The highest BCUT2D eigenvalue weighted by Crippen LogP contribution is 2.39. The summed E-state index contributed by atoms with van der Waals surface area (Å²) in [5.41, 5.74) is 1.67. The van der Waals surface area contributed by atoms with Crippen molar-refractivity contribution in [1.82, 2.24) is 10.6 Å². The van der Waals surface area contributed by atoms with Gasteiger partial charge in [-0.25, -0.2) is 4.79 Å². The van der Waals surface area contributed by atoms with E-state index in [-0.39, 0.29) is 12.1 Å². The Balaban J connectivity index is 1.74. The van der Waals surface area contributed by atoms with Gasteiger partial charge >= 0.3 is 5.97 Å². The van der Waals surface area contributed by atoms with Gasteiger partial charge in [0.15, 0.2) is 0 Å². The number of ether oxygens (including phenoxy) is 1. The van der Waals surface area contributed by atoms with Crippen molar-refractivity contribution in [1.29, 1.82) is 0 Å². The summed E-state index contributed by atoms with van der Waals surface area (Å²) in [5, 5.41) is 8.84. The first-order valence-electron chi connectivity index (χ1n) is 6.75. The predicted octanol–water partition coefficient (Wildman–Crippen LogP) is 2.22. The molecule has 0 aromatic rings. The Labute approximate surface area is 117 Å². The number of allylic oxidation sites excluding steroid dienone is 3. The molecule has 1 aliphatic carbocycles. The molecule has 1 unspecified atom stereocenters. The van der Waals surface area contributed by atoms with Crippen LogP contribution in [0, 0.1) is 5.92 Å². The summed E-state index contributed by atoms with van der Waals surface area (Å²) < 4.78 is 5.13. The molecule has 0 radical (unpaired) electrons. The van der Waals surface area contributed by atoms with Crippen LogP contribution < -0.4 is 10.6 Å². The maximum absolute atomic E-state index is 12.0. The summed E-state index contributed by atoms with van der Waals surface area (Å²) in [7, 11) is 0. The average molecular weight is 278 g/mol. The minimum absolute atomic E-state index is 0.0185. The number of esters is 1. The molecule has 2 aliphatic heterocycles. The molecule has 1 fully saturated rings. The average Bonchev–Trinajstić information content (AvgIpc) is 3.19. The highest BCUT2D eigenvalue weighted by molar-refractivity contribution is 8.05. The first-order valence-corrected chi connectivity index (χ1v) is 7.63. The molecule has 0 spiro atoms. The SMILES string of the molecule is CCOC(=O)C1=C(C2CC2)NC(C2=CCC=CS2)N1. The van der Waals surface area contributed by atoms with E-state index in [1.165, 1.54) is 4.91 Å². The maximum Gasteiger partial charge on any atom is 0.356 e. The van der Waals surface area contributed by atoms with Crippen molar-refractivity contribution < 1.29 is 9.53 Å². The van der Waals surface area contributed by atoms with Crippen LogP contribution in [0.1, 0.15) is 26.2 Å². The number of carbonyl (C=O) groups excluding carboxylic acids is 1. The minimum Gasteiger partial charge on any atom is -0.461 e. The van der Waals surface area contributed by atoms with Crippen LogP contribution in [0.4, 0.5) is 0 Å².